The summed E-state index contributed by atoms with van der Waals surface area (Å²) in [6, 6.07) is 15.0. The summed E-state index contributed by atoms with van der Waals surface area (Å²) >= 11 is 3.44. The van der Waals surface area contributed by atoms with Crippen molar-refractivity contribution in [2.24, 2.45) is 0 Å². The zero-order valence-electron chi connectivity index (χ0n) is 10.9. The molecule has 1 unspecified atom stereocenters. The summed E-state index contributed by atoms with van der Waals surface area (Å²) in [6.07, 6.45) is 1.06. The average molecular weight is 322 g/mol. The molecule has 3 heteroatoms. The van der Waals surface area contributed by atoms with Crippen LogP contribution in [0.25, 0.3) is 0 Å². The number of nitrogens with one attached hydrogen (secondary N) is 1. The van der Waals surface area contributed by atoms with Gasteiger partial charge in [-0.2, -0.15) is 0 Å². The molecule has 0 spiro atoms. The lowest BCUT2D eigenvalue weighted by Gasteiger charge is -2.19. The molecule has 0 saturated heterocycles. The highest BCUT2D eigenvalue weighted by atomic mass is 79.9. The van der Waals surface area contributed by atoms with Crippen molar-refractivity contribution < 1.29 is 4.39 Å². The lowest BCUT2D eigenvalue weighted by molar-refractivity contribution is 0.593. The molecule has 2 rings (SSSR count). The molecule has 100 valence electrons. The van der Waals surface area contributed by atoms with Crippen LogP contribution in [0, 0.1) is 5.82 Å². The minimum atomic E-state index is -0.200. The van der Waals surface area contributed by atoms with Crippen LogP contribution in [0.5, 0.6) is 0 Å². The van der Waals surface area contributed by atoms with E-state index < -0.39 is 0 Å². The fraction of sp³-hybridized carbons (Fsp3) is 0.250. The Morgan fingerprint density at radius 2 is 1.53 bits per heavy atom. The van der Waals surface area contributed by atoms with Crippen molar-refractivity contribution >= 4 is 15.9 Å². The average Bonchev–Trinajstić information content (AvgIpc) is 2.43. The van der Waals surface area contributed by atoms with Gasteiger partial charge in [-0.1, -0.05) is 47.1 Å². The van der Waals surface area contributed by atoms with E-state index in [2.05, 4.69) is 40.3 Å². The van der Waals surface area contributed by atoms with Crippen molar-refractivity contribution in [2.75, 3.05) is 6.54 Å². The van der Waals surface area contributed by atoms with Crippen LogP contribution >= 0.6 is 15.9 Å². The predicted octanol–water partition coefficient (Wildman–Crippen LogP) is 4.68. The third-order valence-corrected chi connectivity index (χ3v) is 3.53. The third kappa shape index (κ3) is 3.88. The van der Waals surface area contributed by atoms with Gasteiger partial charge in [0.2, 0.25) is 0 Å². The van der Waals surface area contributed by atoms with E-state index in [1.807, 2.05) is 24.3 Å². The van der Waals surface area contributed by atoms with Crippen LogP contribution in [-0.2, 0) is 0 Å². The monoisotopic (exact) mass is 321 g/mol. The molecule has 0 radical (unpaired) electrons. The van der Waals surface area contributed by atoms with E-state index in [4.69, 9.17) is 0 Å². The molecule has 0 aliphatic carbocycles. The molecule has 19 heavy (non-hydrogen) atoms. The van der Waals surface area contributed by atoms with Gasteiger partial charge in [0.25, 0.3) is 0 Å². The van der Waals surface area contributed by atoms with Crippen molar-refractivity contribution in [1.29, 1.82) is 0 Å². The minimum absolute atomic E-state index is 0.105. The minimum Gasteiger partial charge on any atom is -0.306 e. The van der Waals surface area contributed by atoms with Crippen LogP contribution in [-0.4, -0.2) is 6.54 Å². The lowest BCUT2D eigenvalue weighted by Crippen LogP contribution is -2.23. The molecule has 0 saturated carbocycles. The summed E-state index contributed by atoms with van der Waals surface area (Å²) in [5.41, 5.74) is 2.26. The molecular weight excluding hydrogens is 305 g/mol. The summed E-state index contributed by atoms with van der Waals surface area (Å²) in [5, 5.41) is 3.50. The van der Waals surface area contributed by atoms with Crippen LogP contribution in [0.15, 0.2) is 53.0 Å². The molecule has 0 aromatic heterocycles. The zero-order chi connectivity index (χ0) is 13.7. The highest BCUT2D eigenvalue weighted by Crippen LogP contribution is 2.24. The van der Waals surface area contributed by atoms with Crippen molar-refractivity contribution in [3.8, 4) is 0 Å². The van der Waals surface area contributed by atoms with Gasteiger partial charge >= 0.3 is 0 Å². The van der Waals surface area contributed by atoms with Gasteiger partial charge in [0.1, 0.15) is 5.82 Å². The summed E-state index contributed by atoms with van der Waals surface area (Å²) in [7, 11) is 0. The molecule has 2 aromatic carbocycles. The van der Waals surface area contributed by atoms with E-state index in [1.165, 1.54) is 17.7 Å². The highest BCUT2D eigenvalue weighted by molar-refractivity contribution is 9.10. The molecule has 1 N–H and O–H groups in total. The fourth-order valence-electron chi connectivity index (χ4n) is 2.03. The second kappa shape index (κ2) is 6.83. The maximum atomic E-state index is 13.0. The van der Waals surface area contributed by atoms with Gasteiger partial charge in [0.05, 0.1) is 6.04 Å². The van der Waals surface area contributed by atoms with Crippen molar-refractivity contribution in [1.82, 2.24) is 5.32 Å². The van der Waals surface area contributed by atoms with E-state index in [-0.39, 0.29) is 11.9 Å². The van der Waals surface area contributed by atoms with Gasteiger partial charge in [-0.05, 0) is 48.4 Å². The van der Waals surface area contributed by atoms with Crippen LogP contribution < -0.4 is 5.32 Å². The Morgan fingerprint density at radius 3 is 2.05 bits per heavy atom. The number of benzene rings is 2. The molecule has 0 bridgehead atoms. The molecule has 1 atom stereocenters. The van der Waals surface area contributed by atoms with Gasteiger partial charge in [-0.15, -0.1) is 0 Å². The summed E-state index contributed by atoms with van der Waals surface area (Å²) in [5.74, 6) is -0.200. The Balaban J connectivity index is 2.29. The molecule has 2 aromatic rings. The highest BCUT2D eigenvalue weighted by Gasteiger charge is 2.13. The summed E-state index contributed by atoms with van der Waals surface area (Å²) in [4.78, 5) is 0. The van der Waals surface area contributed by atoms with Crippen molar-refractivity contribution in [3.63, 3.8) is 0 Å². The van der Waals surface area contributed by atoms with Gasteiger partial charge < -0.3 is 5.32 Å². The Kier molecular flexibility index (Phi) is 5.11. The quantitative estimate of drug-likeness (QED) is 0.843. The van der Waals surface area contributed by atoms with E-state index in [9.17, 15) is 4.39 Å². The van der Waals surface area contributed by atoms with Gasteiger partial charge in [-0.25, -0.2) is 4.39 Å². The van der Waals surface area contributed by atoms with Crippen LogP contribution in [0.4, 0.5) is 4.39 Å². The number of halogens is 2. The Labute approximate surface area is 122 Å². The van der Waals surface area contributed by atoms with Crippen LogP contribution in [0.1, 0.15) is 30.5 Å². The number of rotatable bonds is 5. The molecule has 0 heterocycles. The first-order valence-electron chi connectivity index (χ1n) is 6.45. The smallest absolute Gasteiger partial charge is 0.123 e. The summed E-state index contributed by atoms with van der Waals surface area (Å²) in [6.45, 7) is 3.06. The molecule has 0 fully saturated rings. The van der Waals surface area contributed by atoms with Crippen LogP contribution in [0.2, 0.25) is 0 Å². The molecule has 0 amide bonds. The first-order chi connectivity index (χ1) is 9.20. The van der Waals surface area contributed by atoms with Gasteiger partial charge in [0, 0.05) is 4.47 Å². The van der Waals surface area contributed by atoms with Crippen molar-refractivity contribution in [3.05, 3.63) is 69.9 Å². The van der Waals surface area contributed by atoms with E-state index in [1.54, 1.807) is 0 Å². The molecule has 1 nitrogen and oxygen atoms in total. The van der Waals surface area contributed by atoms with Gasteiger partial charge in [-0.3, -0.25) is 0 Å². The first kappa shape index (κ1) is 14.2. The maximum absolute atomic E-state index is 13.0. The Morgan fingerprint density at radius 1 is 1.00 bits per heavy atom. The first-order valence-corrected chi connectivity index (χ1v) is 7.24. The predicted molar refractivity (Wildman–Crippen MR) is 80.7 cm³/mol. The van der Waals surface area contributed by atoms with Crippen LogP contribution in [0.3, 0.4) is 0 Å². The second-order valence-electron chi connectivity index (χ2n) is 4.49. The number of hydrogen-bond acceptors (Lipinski definition) is 1. The number of hydrogen-bond donors (Lipinski definition) is 1. The Hall–Kier alpha value is -1.19. The topological polar surface area (TPSA) is 12.0 Å². The normalized spacial score (nSPS) is 12.4. The van der Waals surface area contributed by atoms with E-state index in [0.29, 0.717) is 0 Å². The largest absolute Gasteiger partial charge is 0.306 e. The molecule has 0 aliphatic heterocycles. The summed E-state index contributed by atoms with van der Waals surface area (Å²) < 4.78 is 14.1. The van der Waals surface area contributed by atoms with Crippen molar-refractivity contribution in [2.45, 2.75) is 19.4 Å². The second-order valence-corrected chi connectivity index (χ2v) is 5.41. The zero-order valence-corrected chi connectivity index (χ0v) is 12.5. The lowest BCUT2D eigenvalue weighted by atomic mass is 9.98. The fourth-order valence-corrected chi connectivity index (χ4v) is 2.29. The standard InChI is InChI=1S/C16H17BrFN/c1-2-11-19-16(12-3-7-14(17)8-4-12)13-5-9-15(18)10-6-13/h3-10,16,19H,2,11H2,1H3. The molecular formula is C16H17BrFN. The SMILES string of the molecule is CCCNC(c1ccc(F)cc1)c1ccc(Br)cc1. The Bertz CT molecular complexity index is 462. The maximum Gasteiger partial charge on any atom is 0.123 e. The van der Waals surface area contributed by atoms with E-state index in [0.717, 1.165) is 23.0 Å². The molecule has 0 aliphatic rings. The van der Waals surface area contributed by atoms with E-state index >= 15 is 0 Å². The third-order valence-electron chi connectivity index (χ3n) is 3.01. The van der Waals surface area contributed by atoms with Gasteiger partial charge in [0.15, 0.2) is 0 Å².